The summed E-state index contributed by atoms with van der Waals surface area (Å²) in [5, 5.41) is 3.41. The van der Waals surface area contributed by atoms with Crippen LogP contribution in [-0.4, -0.2) is 25.7 Å². The summed E-state index contributed by atoms with van der Waals surface area (Å²) in [7, 11) is 0. The van der Waals surface area contributed by atoms with Crippen LogP contribution in [0.4, 0.5) is 10.1 Å². The van der Waals surface area contributed by atoms with E-state index in [4.69, 9.17) is 0 Å². The van der Waals surface area contributed by atoms with Crippen LogP contribution in [0.1, 0.15) is 13.8 Å². The molecule has 2 rings (SSSR count). The molecule has 0 spiro atoms. The minimum atomic E-state index is -0.204. The van der Waals surface area contributed by atoms with Crippen molar-refractivity contribution < 1.29 is 4.39 Å². The molecule has 1 saturated heterocycles. The Bertz CT molecular complexity index is 395. The second-order valence-corrected chi connectivity index (χ2v) is 5.66. The molecule has 1 aromatic carbocycles. The highest BCUT2D eigenvalue weighted by atomic mass is 79.9. The van der Waals surface area contributed by atoms with Gasteiger partial charge in [0.05, 0.1) is 4.47 Å². The van der Waals surface area contributed by atoms with Crippen molar-refractivity contribution in [2.24, 2.45) is 5.92 Å². The van der Waals surface area contributed by atoms with Crippen molar-refractivity contribution in [1.29, 1.82) is 0 Å². The van der Waals surface area contributed by atoms with E-state index in [2.05, 4.69) is 40.0 Å². The first-order valence-corrected chi connectivity index (χ1v) is 6.81. The quantitative estimate of drug-likeness (QED) is 0.903. The van der Waals surface area contributed by atoms with Crippen LogP contribution < -0.4 is 10.2 Å². The Hall–Kier alpha value is -0.610. The second-order valence-electron chi connectivity index (χ2n) is 4.81. The SMILES string of the molecule is CC(C)C1CNCCN1c1ccc(F)c(Br)c1. The molecule has 1 N–H and O–H groups in total. The zero-order valence-electron chi connectivity index (χ0n) is 10.2. The van der Waals surface area contributed by atoms with Crippen LogP contribution in [0.2, 0.25) is 0 Å². The Morgan fingerprint density at radius 3 is 2.88 bits per heavy atom. The average molecular weight is 301 g/mol. The van der Waals surface area contributed by atoms with Crippen molar-refractivity contribution in [3.8, 4) is 0 Å². The first-order valence-electron chi connectivity index (χ1n) is 6.02. The maximum atomic E-state index is 13.2. The van der Waals surface area contributed by atoms with Gasteiger partial charge in [0, 0.05) is 31.4 Å². The van der Waals surface area contributed by atoms with Crippen LogP contribution in [-0.2, 0) is 0 Å². The summed E-state index contributed by atoms with van der Waals surface area (Å²) in [5.74, 6) is 0.372. The van der Waals surface area contributed by atoms with Gasteiger partial charge in [0.2, 0.25) is 0 Å². The summed E-state index contributed by atoms with van der Waals surface area (Å²) in [6.07, 6.45) is 0. The highest BCUT2D eigenvalue weighted by Gasteiger charge is 2.25. The third-order valence-electron chi connectivity index (χ3n) is 3.29. The van der Waals surface area contributed by atoms with Gasteiger partial charge in [-0.1, -0.05) is 13.8 Å². The minimum absolute atomic E-state index is 0.204. The predicted molar refractivity (Wildman–Crippen MR) is 72.9 cm³/mol. The fraction of sp³-hybridized carbons (Fsp3) is 0.538. The van der Waals surface area contributed by atoms with Gasteiger partial charge < -0.3 is 10.2 Å². The molecule has 1 aliphatic rings. The highest BCUT2D eigenvalue weighted by molar-refractivity contribution is 9.10. The lowest BCUT2D eigenvalue weighted by Crippen LogP contribution is -2.53. The highest BCUT2D eigenvalue weighted by Crippen LogP contribution is 2.27. The largest absolute Gasteiger partial charge is 0.366 e. The number of anilines is 1. The van der Waals surface area contributed by atoms with Crippen molar-refractivity contribution in [2.45, 2.75) is 19.9 Å². The normalized spacial score (nSPS) is 21.0. The lowest BCUT2D eigenvalue weighted by atomic mass is 10.00. The zero-order chi connectivity index (χ0) is 12.4. The molecule has 94 valence electrons. The van der Waals surface area contributed by atoms with E-state index in [1.165, 1.54) is 6.07 Å². The standard InChI is InChI=1S/C13H18BrFN2/c1-9(2)13-8-16-5-6-17(13)10-3-4-12(15)11(14)7-10/h3-4,7,9,13,16H,5-6,8H2,1-2H3. The number of nitrogens with zero attached hydrogens (tertiary/aromatic N) is 1. The molecule has 1 heterocycles. The van der Waals surface area contributed by atoms with E-state index >= 15 is 0 Å². The minimum Gasteiger partial charge on any atom is -0.366 e. The van der Waals surface area contributed by atoms with Crippen molar-refractivity contribution >= 4 is 21.6 Å². The number of hydrogen-bond donors (Lipinski definition) is 1. The molecular weight excluding hydrogens is 283 g/mol. The van der Waals surface area contributed by atoms with Crippen LogP contribution in [0.5, 0.6) is 0 Å². The number of piperazine rings is 1. The van der Waals surface area contributed by atoms with Crippen LogP contribution in [0.25, 0.3) is 0 Å². The van der Waals surface area contributed by atoms with Crippen LogP contribution >= 0.6 is 15.9 Å². The number of halogens is 2. The van der Waals surface area contributed by atoms with Crippen molar-refractivity contribution in [3.05, 3.63) is 28.5 Å². The van der Waals surface area contributed by atoms with Crippen molar-refractivity contribution in [3.63, 3.8) is 0 Å². The summed E-state index contributed by atoms with van der Waals surface area (Å²) in [6.45, 7) is 7.40. The fourth-order valence-electron chi connectivity index (χ4n) is 2.31. The molecule has 0 bridgehead atoms. The molecule has 1 aliphatic heterocycles. The Morgan fingerprint density at radius 2 is 2.24 bits per heavy atom. The van der Waals surface area contributed by atoms with Gasteiger partial charge in [0.25, 0.3) is 0 Å². The second kappa shape index (κ2) is 5.36. The zero-order valence-corrected chi connectivity index (χ0v) is 11.8. The summed E-state index contributed by atoms with van der Waals surface area (Å²) in [6, 6.07) is 5.73. The molecule has 1 aromatic rings. The van der Waals surface area contributed by atoms with E-state index < -0.39 is 0 Å². The van der Waals surface area contributed by atoms with Gasteiger partial charge in [-0.25, -0.2) is 4.39 Å². The van der Waals surface area contributed by atoms with Gasteiger partial charge in [-0.15, -0.1) is 0 Å². The molecule has 1 unspecified atom stereocenters. The summed E-state index contributed by atoms with van der Waals surface area (Å²) in [5.41, 5.74) is 1.10. The topological polar surface area (TPSA) is 15.3 Å². The molecule has 17 heavy (non-hydrogen) atoms. The molecule has 0 aromatic heterocycles. The average Bonchev–Trinajstić information content (AvgIpc) is 2.32. The number of rotatable bonds is 2. The number of nitrogens with one attached hydrogen (secondary N) is 1. The number of benzene rings is 1. The van der Waals surface area contributed by atoms with Gasteiger partial charge >= 0.3 is 0 Å². The molecule has 0 saturated carbocycles. The Labute approximate surface area is 110 Å². The van der Waals surface area contributed by atoms with E-state index in [-0.39, 0.29) is 5.82 Å². The third kappa shape index (κ3) is 2.80. The van der Waals surface area contributed by atoms with Gasteiger partial charge in [-0.2, -0.15) is 0 Å². The smallest absolute Gasteiger partial charge is 0.137 e. The first kappa shape index (κ1) is 12.8. The van der Waals surface area contributed by atoms with Gasteiger partial charge in [0.15, 0.2) is 0 Å². The number of hydrogen-bond acceptors (Lipinski definition) is 2. The van der Waals surface area contributed by atoms with Gasteiger partial charge in [0.1, 0.15) is 5.82 Å². The Kier molecular flexibility index (Phi) is 4.05. The van der Waals surface area contributed by atoms with E-state index in [9.17, 15) is 4.39 Å². The van der Waals surface area contributed by atoms with Crippen LogP contribution in [0.15, 0.2) is 22.7 Å². The van der Waals surface area contributed by atoms with Crippen LogP contribution in [0, 0.1) is 11.7 Å². The summed E-state index contributed by atoms with van der Waals surface area (Å²) >= 11 is 3.25. The summed E-state index contributed by atoms with van der Waals surface area (Å²) in [4.78, 5) is 2.37. The molecule has 0 radical (unpaired) electrons. The Balaban J connectivity index is 2.26. The molecule has 4 heteroatoms. The maximum absolute atomic E-state index is 13.2. The van der Waals surface area contributed by atoms with E-state index in [1.54, 1.807) is 0 Å². The van der Waals surface area contributed by atoms with Crippen LogP contribution in [0.3, 0.4) is 0 Å². The molecule has 2 nitrogen and oxygen atoms in total. The van der Waals surface area contributed by atoms with Gasteiger partial charge in [-0.3, -0.25) is 0 Å². The molecule has 1 atom stereocenters. The lowest BCUT2D eigenvalue weighted by molar-refractivity contribution is 0.390. The molecule has 1 fully saturated rings. The van der Waals surface area contributed by atoms with Crippen molar-refractivity contribution in [1.82, 2.24) is 5.32 Å². The van der Waals surface area contributed by atoms with Crippen molar-refractivity contribution in [2.75, 3.05) is 24.5 Å². The monoisotopic (exact) mass is 300 g/mol. The maximum Gasteiger partial charge on any atom is 0.137 e. The lowest BCUT2D eigenvalue weighted by Gasteiger charge is -2.40. The molecular formula is C13H18BrFN2. The molecule has 0 amide bonds. The van der Waals surface area contributed by atoms with E-state index in [1.807, 2.05) is 12.1 Å². The fourth-order valence-corrected chi connectivity index (χ4v) is 2.67. The molecule has 0 aliphatic carbocycles. The van der Waals surface area contributed by atoms with E-state index in [0.29, 0.717) is 16.4 Å². The van der Waals surface area contributed by atoms with E-state index in [0.717, 1.165) is 25.3 Å². The first-order chi connectivity index (χ1) is 8.09. The predicted octanol–water partition coefficient (Wildman–Crippen LogP) is 3.02. The third-order valence-corrected chi connectivity index (χ3v) is 3.90. The Morgan fingerprint density at radius 1 is 1.47 bits per heavy atom. The van der Waals surface area contributed by atoms with Gasteiger partial charge in [-0.05, 0) is 40.0 Å². The summed E-state index contributed by atoms with van der Waals surface area (Å²) < 4.78 is 13.8.